The number of carbonyl (C=O) groups excluding carboxylic acids is 3. The van der Waals surface area contributed by atoms with E-state index in [1.165, 1.54) is 0 Å². The third-order valence-electron chi connectivity index (χ3n) is 7.50. The van der Waals surface area contributed by atoms with Gasteiger partial charge in [0.15, 0.2) is 0 Å². The minimum absolute atomic E-state index is 0.00868. The van der Waals surface area contributed by atoms with Gasteiger partial charge in [0.2, 0.25) is 17.7 Å². The van der Waals surface area contributed by atoms with Crippen molar-refractivity contribution in [1.82, 2.24) is 20.4 Å². The highest BCUT2D eigenvalue weighted by molar-refractivity contribution is 5.89. The van der Waals surface area contributed by atoms with Crippen molar-refractivity contribution < 1.29 is 23.9 Å². The van der Waals surface area contributed by atoms with Gasteiger partial charge < -0.3 is 25.0 Å². The second kappa shape index (κ2) is 13.1. The third kappa shape index (κ3) is 7.67. The van der Waals surface area contributed by atoms with Crippen LogP contribution in [-0.2, 0) is 25.7 Å². The number of hydrogen-bond acceptors (Lipinski definition) is 6. The zero-order valence-electron chi connectivity index (χ0n) is 21.4. The number of aryl methyl sites for hydroxylation is 1. The molecular formula is C27H40N4O5. The van der Waals surface area contributed by atoms with Gasteiger partial charge in [-0.05, 0) is 61.8 Å². The quantitative estimate of drug-likeness (QED) is 0.654. The fraction of sp³-hybridized carbons (Fsp3) is 0.667. The number of nitrogens with one attached hydrogen (secondary N) is 2. The van der Waals surface area contributed by atoms with E-state index in [0.717, 1.165) is 55.8 Å². The Morgan fingerprint density at radius 3 is 2.69 bits per heavy atom. The summed E-state index contributed by atoms with van der Waals surface area (Å²) < 4.78 is 11.5. The van der Waals surface area contributed by atoms with E-state index in [2.05, 4.69) is 15.5 Å². The predicted molar refractivity (Wildman–Crippen MR) is 135 cm³/mol. The summed E-state index contributed by atoms with van der Waals surface area (Å²) in [5.41, 5.74) is 2.07. The minimum Gasteiger partial charge on any atom is -0.494 e. The summed E-state index contributed by atoms with van der Waals surface area (Å²) in [6.07, 6.45) is 3.70. The molecule has 0 radical (unpaired) electrons. The van der Waals surface area contributed by atoms with Crippen molar-refractivity contribution in [3.8, 4) is 5.75 Å². The highest BCUT2D eigenvalue weighted by atomic mass is 16.5. The smallest absolute Gasteiger partial charge is 0.242 e. The largest absolute Gasteiger partial charge is 0.494 e. The minimum atomic E-state index is -0.659. The van der Waals surface area contributed by atoms with Crippen LogP contribution >= 0.6 is 0 Å². The maximum atomic E-state index is 13.2. The number of ether oxygens (including phenoxy) is 2. The van der Waals surface area contributed by atoms with E-state index >= 15 is 0 Å². The Bertz CT molecular complexity index is 917. The van der Waals surface area contributed by atoms with Crippen molar-refractivity contribution in [2.24, 2.45) is 5.92 Å². The number of nitrogens with zero attached hydrogens (tertiary/aromatic N) is 2. The highest BCUT2D eigenvalue weighted by Crippen LogP contribution is 2.23. The van der Waals surface area contributed by atoms with E-state index < -0.39 is 6.04 Å². The molecule has 0 aromatic heterocycles. The van der Waals surface area contributed by atoms with E-state index in [0.29, 0.717) is 51.8 Å². The molecule has 1 aromatic rings. The first-order chi connectivity index (χ1) is 17.5. The molecule has 0 aliphatic carbocycles. The number of benzene rings is 1. The lowest BCUT2D eigenvalue weighted by Crippen LogP contribution is -2.49. The van der Waals surface area contributed by atoms with Gasteiger partial charge in [-0.3, -0.25) is 19.3 Å². The van der Waals surface area contributed by atoms with Crippen LogP contribution in [0.1, 0.15) is 49.7 Å². The molecule has 2 saturated heterocycles. The van der Waals surface area contributed by atoms with Crippen molar-refractivity contribution in [3.05, 3.63) is 29.3 Å². The van der Waals surface area contributed by atoms with E-state index in [-0.39, 0.29) is 30.6 Å². The van der Waals surface area contributed by atoms with Crippen molar-refractivity contribution in [2.45, 2.75) is 58.0 Å². The van der Waals surface area contributed by atoms with Crippen LogP contribution in [0.25, 0.3) is 0 Å². The zero-order chi connectivity index (χ0) is 25.3. The summed E-state index contributed by atoms with van der Waals surface area (Å²) in [5.74, 6) is 0.728. The first-order valence-corrected chi connectivity index (χ1v) is 13.3. The molecule has 3 heterocycles. The number of amides is 3. The van der Waals surface area contributed by atoms with Crippen LogP contribution in [0.2, 0.25) is 0 Å². The number of carbonyl (C=O) groups is 3. The Morgan fingerprint density at radius 1 is 1.03 bits per heavy atom. The van der Waals surface area contributed by atoms with E-state index in [1.807, 2.05) is 30.0 Å². The lowest BCUT2D eigenvalue weighted by molar-refractivity contribution is -0.135. The molecule has 9 heteroatoms. The maximum Gasteiger partial charge on any atom is 0.242 e. The maximum absolute atomic E-state index is 13.2. The molecule has 3 aliphatic rings. The van der Waals surface area contributed by atoms with Crippen molar-refractivity contribution in [2.75, 3.05) is 52.5 Å². The topological polar surface area (TPSA) is 100 Å². The normalized spacial score (nSPS) is 25.2. The Labute approximate surface area is 213 Å². The van der Waals surface area contributed by atoms with Gasteiger partial charge in [0.05, 0.1) is 19.8 Å². The van der Waals surface area contributed by atoms with Crippen LogP contribution in [0.15, 0.2) is 18.2 Å². The van der Waals surface area contributed by atoms with Crippen molar-refractivity contribution in [1.29, 1.82) is 0 Å². The van der Waals surface area contributed by atoms with Crippen molar-refractivity contribution in [3.63, 3.8) is 0 Å². The molecule has 2 N–H and O–H groups in total. The molecule has 4 rings (SSSR count). The molecule has 2 atom stereocenters. The van der Waals surface area contributed by atoms with E-state index in [9.17, 15) is 14.4 Å². The summed E-state index contributed by atoms with van der Waals surface area (Å²) in [6, 6.07) is 5.29. The van der Waals surface area contributed by atoms with Gasteiger partial charge in [-0.1, -0.05) is 6.07 Å². The van der Waals surface area contributed by atoms with Crippen LogP contribution < -0.4 is 15.4 Å². The summed E-state index contributed by atoms with van der Waals surface area (Å²) in [4.78, 5) is 42.9. The molecule has 1 aromatic carbocycles. The second-order valence-electron chi connectivity index (χ2n) is 10.2. The van der Waals surface area contributed by atoms with Crippen LogP contribution in [0.3, 0.4) is 0 Å². The molecule has 4 bridgehead atoms. The fourth-order valence-electron chi connectivity index (χ4n) is 5.15. The number of rotatable bonds is 3. The summed E-state index contributed by atoms with van der Waals surface area (Å²) >= 11 is 0. The molecule has 36 heavy (non-hydrogen) atoms. The zero-order valence-corrected chi connectivity index (χ0v) is 21.4. The Kier molecular flexibility index (Phi) is 9.58. The molecule has 1 unspecified atom stereocenters. The van der Waals surface area contributed by atoms with Gasteiger partial charge in [-0.2, -0.15) is 0 Å². The molecule has 3 aliphatic heterocycles. The number of fused-ring (bicyclic) bond motifs is 4. The average molecular weight is 501 g/mol. The van der Waals surface area contributed by atoms with Crippen LogP contribution in [0, 0.1) is 12.8 Å². The predicted octanol–water partition coefficient (Wildman–Crippen LogP) is 1.62. The summed E-state index contributed by atoms with van der Waals surface area (Å²) in [7, 11) is 0. The SMILES string of the molecule is Cc1ccc2cc1CNC(=O)[C@H](CCN1CCOCC1)NC(=O)CCC(=O)N1CCCC(CCO2)C1. The first kappa shape index (κ1) is 26.4. The van der Waals surface area contributed by atoms with Gasteiger partial charge in [-0.25, -0.2) is 0 Å². The van der Waals surface area contributed by atoms with Gasteiger partial charge in [0, 0.05) is 52.1 Å². The third-order valence-corrected chi connectivity index (χ3v) is 7.50. The average Bonchev–Trinajstić information content (AvgIpc) is 2.90. The fourth-order valence-corrected chi connectivity index (χ4v) is 5.15. The molecular weight excluding hydrogens is 460 g/mol. The summed E-state index contributed by atoms with van der Waals surface area (Å²) in [6.45, 7) is 8.12. The molecule has 3 amide bonds. The lowest BCUT2D eigenvalue weighted by atomic mass is 9.95. The number of hydrogen-bond donors (Lipinski definition) is 2. The number of piperidine rings is 1. The molecule has 2 fully saturated rings. The van der Waals surface area contributed by atoms with Crippen molar-refractivity contribution >= 4 is 17.7 Å². The van der Waals surface area contributed by atoms with Gasteiger partial charge in [-0.15, -0.1) is 0 Å². The van der Waals surface area contributed by atoms with Crippen LogP contribution in [-0.4, -0.2) is 86.1 Å². The van der Waals surface area contributed by atoms with Gasteiger partial charge in [0.1, 0.15) is 11.8 Å². The van der Waals surface area contributed by atoms with Gasteiger partial charge in [0.25, 0.3) is 0 Å². The van der Waals surface area contributed by atoms with E-state index in [4.69, 9.17) is 9.47 Å². The van der Waals surface area contributed by atoms with E-state index in [1.54, 1.807) is 0 Å². The first-order valence-electron chi connectivity index (χ1n) is 13.3. The molecule has 0 saturated carbocycles. The Hall–Kier alpha value is -2.65. The highest BCUT2D eigenvalue weighted by Gasteiger charge is 2.26. The number of morpholine rings is 1. The van der Waals surface area contributed by atoms with Gasteiger partial charge >= 0.3 is 0 Å². The van der Waals surface area contributed by atoms with Crippen LogP contribution in [0.5, 0.6) is 5.75 Å². The standard InChI is InChI=1S/C27H40N4O5/c1-20-4-5-23-17-22(20)18-28-27(34)24(8-11-30-12-15-35-16-13-30)29-25(32)6-7-26(33)31-10-2-3-21(19-31)9-14-36-23/h4-5,17,21,24H,2-3,6-16,18-19H2,1H3,(H,28,34)(H,29,32)/t21?,24-/m0/s1. The van der Waals surface area contributed by atoms with Crippen LogP contribution in [0.4, 0.5) is 0 Å². The Balaban J connectivity index is 1.47. The summed E-state index contributed by atoms with van der Waals surface area (Å²) in [5, 5.41) is 5.91. The second-order valence-corrected chi connectivity index (χ2v) is 10.2. The Morgan fingerprint density at radius 2 is 1.86 bits per heavy atom. The molecule has 9 nitrogen and oxygen atoms in total. The monoisotopic (exact) mass is 500 g/mol. The molecule has 198 valence electrons. The molecule has 0 spiro atoms. The lowest BCUT2D eigenvalue weighted by Gasteiger charge is -2.33.